The van der Waals surface area contributed by atoms with Gasteiger partial charge in [-0.25, -0.2) is 0 Å². The van der Waals surface area contributed by atoms with Crippen LogP contribution in [0.25, 0.3) is 0 Å². The van der Waals surface area contributed by atoms with E-state index in [0.29, 0.717) is 19.3 Å². The highest BCUT2D eigenvalue weighted by molar-refractivity contribution is 5.71. The molecule has 0 heterocycles. The fourth-order valence-electron chi connectivity index (χ4n) is 5.69. The Hall–Kier alpha value is -3.41. The van der Waals surface area contributed by atoms with Crippen LogP contribution >= 0.6 is 0 Å². The van der Waals surface area contributed by atoms with E-state index in [4.69, 9.17) is 14.2 Å². The molecule has 1 unspecified atom stereocenters. The van der Waals surface area contributed by atoms with Crippen LogP contribution in [0.15, 0.2) is 85.1 Å². The van der Waals surface area contributed by atoms with Crippen molar-refractivity contribution >= 4 is 17.9 Å². The summed E-state index contributed by atoms with van der Waals surface area (Å²) in [7, 11) is 0. The summed E-state index contributed by atoms with van der Waals surface area (Å²) in [5, 5.41) is 0. The zero-order valence-electron chi connectivity index (χ0n) is 35.4. The lowest BCUT2D eigenvalue weighted by molar-refractivity contribution is -0.167. The van der Waals surface area contributed by atoms with Crippen molar-refractivity contribution in [2.24, 2.45) is 0 Å². The van der Waals surface area contributed by atoms with Gasteiger partial charge in [0, 0.05) is 19.3 Å². The number of rotatable bonds is 38. The molecule has 0 aliphatic heterocycles. The molecule has 55 heavy (non-hydrogen) atoms. The van der Waals surface area contributed by atoms with Crippen molar-refractivity contribution in [1.82, 2.24) is 0 Å². The Labute approximate surface area is 337 Å². The van der Waals surface area contributed by atoms with Crippen molar-refractivity contribution in [2.75, 3.05) is 13.2 Å². The van der Waals surface area contributed by atoms with Crippen molar-refractivity contribution in [3.63, 3.8) is 0 Å². The number of allylic oxidation sites excluding steroid dienone is 14. The number of unbranched alkanes of at least 4 members (excludes halogenated alkanes) is 18. The van der Waals surface area contributed by atoms with Gasteiger partial charge in [0.15, 0.2) is 6.10 Å². The molecule has 0 rings (SSSR count). The molecule has 6 heteroatoms. The lowest BCUT2D eigenvalue weighted by Crippen LogP contribution is -2.30. The van der Waals surface area contributed by atoms with Gasteiger partial charge in [0.2, 0.25) is 0 Å². The molecule has 0 aliphatic carbocycles. The van der Waals surface area contributed by atoms with Gasteiger partial charge in [-0.15, -0.1) is 0 Å². The molecule has 0 saturated heterocycles. The van der Waals surface area contributed by atoms with E-state index >= 15 is 0 Å². The van der Waals surface area contributed by atoms with E-state index in [1.165, 1.54) is 64.2 Å². The van der Waals surface area contributed by atoms with Gasteiger partial charge in [0.25, 0.3) is 0 Å². The van der Waals surface area contributed by atoms with Crippen molar-refractivity contribution in [1.29, 1.82) is 0 Å². The Kier molecular flexibility index (Phi) is 40.6. The fraction of sp³-hybridized carbons (Fsp3) is 0.653. The maximum Gasteiger partial charge on any atom is 0.306 e. The SMILES string of the molecule is CC\C=C/C=C\C=C/C=C\C=C\C=C/CCCCCC(=O)OCC(COC(=O)CCCCCCCCCCC)OC(=O)CCCCCCC/C=C\CCCC. The quantitative estimate of drug-likeness (QED) is 0.0205. The second kappa shape index (κ2) is 43.3. The molecule has 0 radical (unpaired) electrons. The average Bonchev–Trinajstić information content (AvgIpc) is 3.18. The van der Waals surface area contributed by atoms with Crippen molar-refractivity contribution < 1.29 is 28.6 Å². The molecule has 0 N–H and O–H groups in total. The fourth-order valence-corrected chi connectivity index (χ4v) is 5.69. The normalized spacial score (nSPS) is 12.9. The molecule has 0 aromatic rings. The van der Waals surface area contributed by atoms with E-state index < -0.39 is 6.10 Å². The number of carbonyl (C=O) groups excluding carboxylic acids is 3. The first-order valence-electron chi connectivity index (χ1n) is 22.2. The van der Waals surface area contributed by atoms with Crippen molar-refractivity contribution in [3.8, 4) is 0 Å². The largest absolute Gasteiger partial charge is 0.462 e. The Bertz CT molecular complexity index is 1110. The third kappa shape index (κ3) is 41.6. The molecular formula is C49H80O6. The number of carbonyl (C=O) groups is 3. The molecular weight excluding hydrogens is 685 g/mol. The monoisotopic (exact) mass is 765 g/mol. The predicted molar refractivity (Wildman–Crippen MR) is 233 cm³/mol. The van der Waals surface area contributed by atoms with Crippen LogP contribution in [0.4, 0.5) is 0 Å². The number of esters is 3. The van der Waals surface area contributed by atoms with Gasteiger partial charge in [0.1, 0.15) is 13.2 Å². The first kappa shape index (κ1) is 51.6. The average molecular weight is 765 g/mol. The van der Waals surface area contributed by atoms with Crippen LogP contribution in [0.3, 0.4) is 0 Å². The Morgan fingerprint density at radius 1 is 0.382 bits per heavy atom. The number of ether oxygens (including phenoxy) is 3. The third-order valence-corrected chi connectivity index (χ3v) is 9.05. The molecule has 0 aromatic heterocycles. The van der Waals surface area contributed by atoms with Crippen LogP contribution in [0.5, 0.6) is 0 Å². The van der Waals surface area contributed by atoms with Crippen molar-refractivity contribution in [2.45, 2.75) is 194 Å². The maximum atomic E-state index is 12.7. The summed E-state index contributed by atoms with van der Waals surface area (Å²) in [6, 6.07) is 0. The minimum atomic E-state index is -0.795. The Morgan fingerprint density at radius 3 is 1.24 bits per heavy atom. The lowest BCUT2D eigenvalue weighted by atomic mass is 10.1. The highest BCUT2D eigenvalue weighted by Gasteiger charge is 2.19. The van der Waals surface area contributed by atoms with E-state index in [1.807, 2.05) is 60.8 Å². The molecule has 0 saturated carbocycles. The zero-order chi connectivity index (χ0) is 40.1. The van der Waals surface area contributed by atoms with Crippen LogP contribution in [0, 0.1) is 0 Å². The molecule has 312 valence electrons. The predicted octanol–water partition coefficient (Wildman–Crippen LogP) is 14.1. The Morgan fingerprint density at radius 2 is 0.745 bits per heavy atom. The first-order chi connectivity index (χ1) is 27.0. The summed E-state index contributed by atoms with van der Waals surface area (Å²) in [6.45, 7) is 6.36. The lowest BCUT2D eigenvalue weighted by Gasteiger charge is -2.18. The molecule has 0 amide bonds. The highest BCUT2D eigenvalue weighted by atomic mass is 16.6. The molecule has 0 bridgehead atoms. The molecule has 0 aliphatic rings. The van der Waals surface area contributed by atoms with Crippen LogP contribution in [0.1, 0.15) is 188 Å². The standard InChI is InChI=1S/C49H80O6/c1-4-7-10-13-16-19-21-22-23-24-25-26-28-30-33-36-39-42-48(51)54-45-46(44-53-47(50)41-38-35-32-29-18-15-12-9-6-3)55-49(52)43-40-37-34-31-27-20-17-14-11-8-5-2/h7,10,13-14,16-17,19,21-26,28,46H,4-6,8-9,11-12,15,18,20,27,29-45H2,1-3H3/b10-7-,16-13-,17-14-,21-19-,23-22-,25-24+,28-26-. The van der Waals surface area contributed by atoms with Gasteiger partial charge >= 0.3 is 17.9 Å². The van der Waals surface area contributed by atoms with E-state index in [-0.39, 0.29) is 31.1 Å². The maximum absolute atomic E-state index is 12.7. The second-order valence-electron chi connectivity index (χ2n) is 14.4. The molecule has 6 nitrogen and oxygen atoms in total. The van der Waals surface area contributed by atoms with Gasteiger partial charge in [-0.05, 0) is 57.8 Å². The number of hydrogen-bond acceptors (Lipinski definition) is 6. The Balaban J connectivity index is 4.47. The highest BCUT2D eigenvalue weighted by Crippen LogP contribution is 2.13. The summed E-state index contributed by atoms with van der Waals surface area (Å²) in [4.78, 5) is 37.6. The molecule has 0 spiro atoms. The van der Waals surface area contributed by atoms with Crippen LogP contribution in [-0.4, -0.2) is 37.2 Å². The zero-order valence-corrected chi connectivity index (χ0v) is 35.4. The van der Waals surface area contributed by atoms with E-state index in [2.05, 4.69) is 45.1 Å². The molecule has 1 atom stereocenters. The minimum absolute atomic E-state index is 0.0946. The summed E-state index contributed by atoms with van der Waals surface area (Å²) in [5.41, 5.74) is 0. The van der Waals surface area contributed by atoms with Crippen molar-refractivity contribution in [3.05, 3.63) is 85.1 Å². The summed E-state index contributed by atoms with van der Waals surface area (Å²) >= 11 is 0. The summed E-state index contributed by atoms with van der Waals surface area (Å²) < 4.78 is 16.6. The summed E-state index contributed by atoms with van der Waals surface area (Å²) in [6.07, 6.45) is 54.2. The minimum Gasteiger partial charge on any atom is -0.462 e. The van der Waals surface area contributed by atoms with E-state index in [9.17, 15) is 14.4 Å². The van der Waals surface area contributed by atoms with E-state index in [1.54, 1.807) is 0 Å². The van der Waals surface area contributed by atoms with Gasteiger partial charge in [0.05, 0.1) is 0 Å². The second-order valence-corrected chi connectivity index (χ2v) is 14.4. The molecule has 0 fully saturated rings. The molecule has 0 aromatic carbocycles. The van der Waals surface area contributed by atoms with E-state index in [0.717, 1.165) is 83.5 Å². The van der Waals surface area contributed by atoms with Crippen LogP contribution < -0.4 is 0 Å². The van der Waals surface area contributed by atoms with Gasteiger partial charge < -0.3 is 14.2 Å². The van der Waals surface area contributed by atoms with Crippen LogP contribution in [-0.2, 0) is 28.6 Å². The smallest absolute Gasteiger partial charge is 0.306 e. The third-order valence-electron chi connectivity index (χ3n) is 9.05. The van der Waals surface area contributed by atoms with Crippen LogP contribution in [0.2, 0.25) is 0 Å². The van der Waals surface area contributed by atoms with Gasteiger partial charge in [-0.1, -0.05) is 196 Å². The van der Waals surface area contributed by atoms with Gasteiger partial charge in [-0.3, -0.25) is 14.4 Å². The first-order valence-corrected chi connectivity index (χ1v) is 22.2. The van der Waals surface area contributed by atoms with Gasteiger partial charge in [-0.2, -0.15) is 0 Å². The topological polar surface area (TPSA) is 78.9 Å². The summed E-state index contributed by atoms with van der Waals surface area (Å²) in [5.74, 6) is -0.962. The number of hydrogen-bond donors (Lipinski definition) is 0.